The number of carbonyl (C=O) groups is 2. The standard InChI is InChI=1S/C19H19FN4O2/c1-24-12-16(15-4-2-3-5-17(15)24)18(25)22-23-19(26)21-11-10-13-6-8-14(20)9-7-13/h2-9,12H,10-11H2,1H3,(H,22,25)(H2,21,23,26). The smallest absolute Gasteiger partial charge is 0.333 e. The van der Waals surface area contributed by atoms with Crippen LogP contribution in [0.1, 0.15) is 15.9 Å². The Morgan fingerprint density at radius 1 is 1.04 bits per heavy atom. The zero-order valence-corrected chi connectivity index (χ0v) is 14.3. The molecule has 0 saturated carbocycles. The number of nitrogens with one attached hydrogen (secondary N) is 3. The van der Waals surface area contributed by atoms with Gasteiger partial charge in [0.2, 0.25) is 0 Å². The maximum atomic E-state index is 12.8. The number of fused-ring (bicyclic) bond motifs is 1. The molecule has 3 aromatic rings. The highest BCUT2D eigenvalue weighted by Crippen LogP contribution is 2.19. The van der Waals surface area contributed by atoms with Crippen LogP contribution in [0.2, 0.25) is 0 Å². The molecule has 0 radical (unpaired) electrons. The molecule has 0 atom stereocenters. The predicted octanol–water partition coefficient (Wildman–Crippen LogP) is 2.50. The molecule has 3 rings (SSSR count). The number of para-hydroxylation sites is 1. The van der Waals surface area contributed by atoms with Crippen molar-refractivity contribution >= 4 is 22.8 Å². The van der Waals surface area contributed by atoms with Crippen molar-refractivity contribution in [3.8, 4) is 0 Å². The summed E-state index contributed by atoms with van der Waals surface area (Å²) in [5, 5.41) is 3.44. The molecule has 3 amide bonds. The summed E-state index contributed by atoms with van der Waals surface area (Å²) in [7, 11) is 1.86. The summed E-state index contributed by atoms with van der Waals surface area (Å²) in [6.45, 7) is 0.363. The number of rotatable bonds is 4. The highest BCUT2D eigenvalue weighted by atomic mass is 19.1. The van der Waals surface area contributed by atoms with E-state index in [0.717, 1.165) is 16.5 Å². The van der Waals surface area contributed by atoms with E-state index in [0.29, 0.717) is 18.5 Å². The average molecular weight is 354 g/mol. The van der Waals surface area contributed by atoms with Crippen molar-refractivity contribution in [3.05, 3.63) is 71.7 Å². The normalized spacial score (nSPS) is 10.5. The second kappa shape index (κ2) is 7.69. The van der Waals surface area contributed by atoms with Gasteiger partial charge in [-0.05, 0) is 30.2 Å². The van der Waals surface area contributed by atoms with Crippen molar-refractivity contribution < 1.29 is 14.0 Å². The lowest BCUT2D eigenvalue weighted by molar-refractivity contribution is 0.0938. The van der Waals surface area contributed by atoms with Gasteiger partial charge < -0.3 is 9.88 Å². The molecular formula is C19H19FN4O2. The van der Waals surface area contributed by atoms with Crippen LogP contribution in [0.5, 0.6) is 0 Å². The number of hydrogen-bond acceptors (Lipinski definition) is 2. The monoisotopic (exact) mass is 354 g/mol. The minimum atomic E-state index is -0.513. The Labute approximate surface area is 150 Å². The quantitative estimate of drug-likeness (QED) is 0.630. The molecule has 7 heteroatoms. The molecule has 0 aliphatic rings. The van der Waals surface area contributed by atoms with Crippen LogP contribution in [-0.4, -0.2) is 23.1 Å². The maximum Gasteiger partial charge on any atom is 0.333 e. The lowest BCUT2D eigenvalue weighted by Gasteiger charge is -2.08. The first kappa shape index (κ1) is 17.5. The fourth-order valence-electron chi connectivity index (χ4n) is 2.72. The van der Waals surface area contributed by atoms with Crippen LogP contribution in [0, 0.1) is 5.82 Å². The minimum Gasteiger partial charge on any atom is -0.350 e. The number of amides is 3. The largest absolute Gasteiger partial charge is 0.350 e. The van der Waals surface area contributed by atoms with Crippen molar-refractivity contribution in [2.75, 3.05) is 6.54 Å². The molecule has 0 bridgehead atoms. The van der Waals surface area contributed by atoms with E-state index in [9.17, 15) is 14.0 Å². The minimum absolute atomic E-state index is 0.296. The number of carbonyl (C=O) groups excluding carboxylic acids is 2. The van der Waals surface area contributed by atoms with E-state index in [4.69, 9.17) is 0 Å². The van der Waals surface area contributed by atoms with E-state index in [1.165, 1.54) is 12.1 Å². The second-order valence-corrected chi connectivity index (χ2v) is 5.88. The summed E-state index contributed by atoms with van der Waals surface area (Å²) < 4.78 is 14.7. The molecule has 0 aliphatic carbocycles. The summed E-state index contributed by atoms with van der Waals surface area (Å²) in [6.07, 6.45) is 2.28. The van der Waals surface area contributed by atoms with Crippen molar-refractivity contribution in [2.45, 2.75) is 6.42 Å². The first-order chi connectivity index (χ1) is 12.5. The fraction of sp³-hybridized carbons (Fsp3) is 0.158. The third-order valence-electron chi connectivity index (χ3n) is 4.04. The van der Waals surface area contributed by atoms with Gasteiger partial charge in [-0.25, -0.2) is 14.6 Å². The number of aromatic nitrogens is 1. The molecular weight excluding hydrogens is 335 g/mol. The number of nitrogens with zero attached hydrogens (tertiary/aromatic N) is 1. The van der Waals surface area contributed by atoms with Gasteiger partial charge in [-0.3, -0.25) is 10.2 Å². The summed E-state index contributed by atoms with van der Waals surface area (Å²) in [6, 6.07) is 13.1. The molecule has 0 aliphatic heterocycles. The van der Waals surface area contributed by atoms with Crippen molar-refractivity contribution in [1.82, 2.24) is 20.7 Å². The fourth-order valence-corrected chi connectivity index (χ4v) is 2.72. The molecule has 3 N–H and O–H groups in total. The van der Waals surface area contributed by atoms with Gasteiger partial charge in [0.05, 0.1) is 5.56 Å². The Morgan fingerprint density at radius 2 is 1.77 bits per heavy atom. The van der Waals surface area contributed by atoms with Gasteiger partial charge >= 0.3 is 6.03 Å². The zero-order valence-electron chi connectivity index (χ0n) is 14.3. The number of hydrogen-bond donors (Lipinski definition) is 3. The lowest BCUT2D eigenvalue weighted by atomic mass is 10.1. The van der Waals surface area contributed by atoms with E-state index in [1.807, 2.05) is 35.9 Å². The van der Waals surface area contributed by atoms with E-state index in [1.54, 1.807) is 18.3 Å². The van der Waals surface area contributed by atoms with Crippen LogP contribution >= 0.6 is 0 Å². The molecule has 1 heterocycles. The third kappa shape index (κ3) is 4.00. The van der Waals surface area contributed by atoms with E-state index in [-0.39, 0.29) is 5.82 Å². The van der Waals surface area contributed by atoms with Crippen LogP contribution in [-0.2, 0) is 13.5 Å². The summed E-state index contributed by atoms with van der Waals surface area (Å²) >= 11 is 0. The molecule has 0 fully saturated rings. The molecule has 0 unspecified atom stereocenters. The molecule has 1 aromatic heterocycles. The zero-order chi connectivity index (χ0) is 18.5. The summed E-state index contributed by atoms with van der Waals surface area (Å²) in [4.78, 5) is 24.1. The van der Waals surface area contributed by atoms with Gasteiger partial charge in [0.25, 0.3) is 5.91 Å². The molecule has 0 spiro atoms. The van der Waals surface area contributed by atoms with Gasteiger partial charge in [-0.2, -0.15) is 0 Å². The molecule has 134 valence electrons. The first-order valence-electron chi connectivity index (χ1n) is 8.17. The Kier molecular flexibility index (Phi) is 5.17. The maximum absolute atomic E-state index is 12.8. The van der Waals surface area contributed by atoms with Crippen molar-refractivity contribution in [2.24, 2.45) is 7.05 Å². The van der Waals surface area contributed by atoms with Crippen LogP contribution in [0.4, 0.5) is 9.18 Å². The Morgan fingerprint density at radius 3 is 2.54 bits per heavy atom. The van der Waals surface area contributed by atoms with Crippen molar-refractivity contribution in [1.29, 1.82) is 0 Å². The van der Waals surface area contributed by atoms with Crippen LogP contribution in [0.25, 0.3) is 10.9 Å². The predicted molar refractivity (Wildman–Crippen MR) is 97.0 cm³/mol. The topological polar surface area (TPSA) is 75.2 Å². The number of halogens is 1. The van der Waals surface area contributed by atoms with Crippen LogP contribution in [0.15, 0.2) is 54.7 Å². The molecule has 0 saturated heterocycles. The van der Waals surface area contributed by atoms with E-state index < -0.39 is 11.9 Å². The van der Waals surface area contributed by atoms with Gasteiger partial charge in [-0.1, -0.05) is 30.3 Å². The second-order valence-electron chi connectivity index (χ2n) is 5.88. The Balaban J connectivity index is 1.49. The number of aryl methyl sites for hydroxylation is 1. The number of benzene rings is 2. The highest BCUT2D eigenvalue weighted by Gasteiger charge is 2.13. The van der Waals surface area contributed by atoms with E-state index in [2.05, 4.69) is 16.2 Å². The molecule has 2 aromatic carbocycles. The molecule has 6 nitrogen and oxygen atoms in total. The highest BCUT2D eigenvalue weighted by molar-refractivity contribution is 6.07. The molecule has 26 heavy (non-hydrogen) atoms. The number of urea groups is 1. The third-order valence-corrected chi connectivity index (χ3v) is 4.04. The summed E-state index contributed by atoms with van der Waals surface area (Å²) in [5.41, 5.74) is 7.05. The van der Waals surface area contributed by atoms with Crippen molar-refractivity contribution in [3.63, 3.8) is 0 Å². The Hall–Kier alpha value is -3.35. The van der Waals surface area contributed by atoms with Crippen LogP contribution < -0.4 is 16.2 Å². The van der Waals surface area contributed by atoms with E-state index >= 15 is 0 Å². The summed E-state index contributed by atoms with van der Waals surface area (Å²) in [5.74, 6) is -0.689. The lowest BCUT2D eigenvalue weighted by Crippen LogP contribution is -2.47. The van der Waals surface area contributed by atoms with Crippen LogP contribution in [0.3, 0.4) is 0 Å². The van der Waals surface area contributed by atoms with Gasteiger partial charge in [0, 0.05) is 30.7 Å². The Bertz CT molecular complexity index is 934. The van der Waals surface area contributed by atoms with Gasteiger partial charge in [0.15, 0.2) is 0 Å². The van der Waals surface area contributed by atoms with Gasteiger partial charge in [0.1, 0.15) is 5.82 Å². The number of hydrazine groups is 1. The SMILES string of the molecule is Cn1cc(C(=O)NNC(=O)NCCc2ccc(F)cc2)c2ccccc21. The van der Waals surface area contributed by atoms with Gasteiger partial charge in [-0.15, -0.1) is 0 Å². The first-order valence-corrected chi connectivity index (χ1v) is 8.17. The average Bonchev–Trinajstić information content (AvgIpc) is 2.99.